The van der Waals surface area contributed by atoms with Crippen molar-refractivity contribution in [3.63, 3.8) is 0 Å². The van der Waals surface area contributed by atoms with Gasteiger partial charge >= 0.3 is 0 Å². The van der Waals surface area contributed by atoms with Crippen molar-refractivity contribution in [2.45, 2.75) is 37.5 Å². The van der Waals surface area contributed by atoms with Gasteiger partial charge in [-0.05, 0) is 51.1 Å². The molecule has 0 saturated heterocycles. The predicted molar refractivity (Wildman–Crippen MR) is 147 cm³/mol. The summed E-state index contributed by atoms with van der Waals surface area (Å²) in [7, 11) is 0. The molecule has 0 amide bonds. The smallest absolute Gasteiger partial charge is 0.273 e. The predicted octanol–water partition coefficient (Wildman–Crippen LogP) is 6.77. The number of alkyl halides is 2. The summed E-state index contributed by atoms with van der Waals surface area (Å²) in [6.07, 6.45) is 4.28. The van der Waals surface area contributed by atoms with E-state index in [1.165, 1.54) is 19.1 Å². The third-order valence-electron chi connectivity index (χ3n) is 6.03. The molecule has 2 N–H and O–H groups in total. The first kappa shape index (κ1) is 25.8. The minimum absolute atomic E-state index is 0.0694. The summed E-state index contributed by atoms with van der Waals surface area (Å²) in [6, 6.07) is 21.7. The highest BCUT2D eigenvalue weighted by atomic mass is 127. The number of aliphatic hydroxyl groups excluding tert-OH is 1. The van der Waals surface area contributed by atoms with Crippen LogP contribution in [0.5, 0.6) is 0 Å². The fourth-order valence-electron chi connectivity index (χ4n) is 4.14. The fraction of sp³-hybridized carbons (Fsp3) is 0.214. The number of aromatic nitrogens is 1. The molecule has 182 valence electrons. The number of halogens is 4. The number of hydrogen-bond acceptors (Lipinski definition) is 3. The summed E-state index contributed by atoms with van der Waals surface area (Å²) < 4.78 is 32.2. The van der Waals surface area contributed by atoms with Crippen molar-refractivity contribution < 1.29 is 13.9 Å². The first-order valence-electron chi connectivity index (χ1n) is 11.3. The number of benzene rings is 2. The van der Waals surface area contributed by atoms with Crippen LogP contribution < -0.4 is 5.32 Å². The van der Waals surface area contributed by atoms with Crippen LogP contribution in [0, 0.1) is 0 Å². The van der Waals surface area contributed by atoms with E-state index in [1.54, 1.807) is 24.4 Å². The maximum absolute atomic E-state index is 14.8. The number of allylic oxidation sites excluding steroid dienone is 1. The summed E-state index contributed by atoms with van der Waals surface area (Å²) in [5.41, 5.74) is 1.61. The first-order chi connectivity index (χ1) is 16.8. The molecule has 0 saturated carbocycles. The van der Waals surface area contributed by atoms with Gasteiger partial charge < -0.3 is 5.11 Å². The van der Waals surface area contributed by atoms with E-state index in [-0.39, 0.29) is 12.0 Å². The lowest BCUT2D eigenvalue weighted by atomic mass is 9.79. The second-order valence-electron chi connectivity index (χ2n) is 8.30. The molecule has 3 nitrogen and oxygen atoms in total. The van der Waals surface area contributed by atoms with Crippen LogP contribution in [0.25, 0.3) is 0 Å². The largest absolute Gasteiger partial charge is 0.374 e. The Bertz CT molecular complexity index is 1250. The van der Waals surface area contributed by atoms with Crippen LogP contribution in [0.4, 0.5) is 8.78 Å². The van der Waals surface area contributed by atoms with Gasteiger partial charge in [-0.3, -0.25) is 10.3 Å². The standard InChI is InChI=1S/C28H26ClF2IN2O/c1-2-28(30,31)23-12-8-11-22(18-23)27(24-13-6-7-16-33-24,19-20-9-4-3-5-10-20)34-26(35)21-14-15-32-25(29)17-21/h3-18,26,34-35H,2,19H2,1H3/t26-,27?/m0/s1. The lowest BCUT2D eigenvalue weighted by Gasteiger charge is -2.38. The fourth-order valence-corrected chi connectivity index (χ4v) is 6.06. The van der Waals surface area contributed by atoms with Crippen LogP contribution in [-0.4, -0.2) is 19.3 Å². The minimum atomic E-state index is -2.97. The molecular weight excluding hydrogens is 581 g/mol. The van der Waals surface area contributed by atoms with Gasteiger partial charge in [-0.1, -0.05) is 93.9 Å². The van der Waals surface area contributed by atoms with Crippen molar-refractivity contribution >= 4 is 35.3 Å². The zero-order chi connectivity index (χ0) is 24.9. The van der Waals surface area contributed by atoms with Gasteiger partial charge in [-0.25, -0.2) is 8.78 Å². The van der Waals surface area contributed by atoms with Gasteiger partial charge in [0, 0.05) is 24.6 Å². The van der Waals surface area contributed by atoms with Crippen molar-refractivity contribution in [3.8, 4) is 0 Å². The van der Waals surface area contributed by atoms with Crippen molar-refractivity contribution in [1.29, 1.82) is 0 Å². The number of rotatable bonds is 9. The highest BCUT2D eigenvalue weighted by Crippen LogP contribution is 2.38. The third kappa shape index (κ3) is 5.94. The number of nitrogens with zero attached hydrogens (tertiary/aromatic N) is 1. The SMILES string of the molecule is CCC(F)(F)c1cccc(C(Cc2ccccc2)(N[C@@H](O)C2=CC(Cl)=IC=C2)c2ccccn2)c1. The molecule has 2 heterocycles. The van der Waals surface area contributed by atoms with Gasteiger partial charge in [0.2, 0.25) is 0 Å². The van der Waals surface area contributed by atoms with Crippen molar-refractivity contribution in [3.05, 3.63) is 123 Å². The van der Waals surface area contributed by atoms with Crippen LogP contribution >= 0.6 is 32.3 Å². The molecule has 3 aromatic rings. The maximum Gasteiger partial charge on any atom is 0.273 e. The van der Waals surface area contributed by atoms with Gasteiger partial charge in [0.05, 0.1) is 14.2 Å². The minimum Gasteiger partial charge on any atom is -0.374 e. The van der Waals surface area contributed by atoms with Crippen molar-refractivity contribution in [1.82, 2.24) is 10.3 Å². The van der Waals surface area contributed by atoms with E-state index in [0.717, 1.165) is 8.53 Å². The molecule has 1 aliphatic heterocycles. The van der Waals surface area contributed by atoms with Crippen LogP contribution in [0.2, 0.25) is 0 Å². The van der Waals surface area contributed by atoms with Crippen LogP contribution in [0.1, 0.15) is 35.7 Å². The Morgan fingerprint density at radius 2 is 1.77 bits per heavy atom. The molecule has 0 spiro atoms. The Morgan fingerprint density at radius 1 is 1.03 bits per heavy atom. The Kier molecular flexibility index (Phi) is 8.27. The second kappa shape index (κ2) is 11.2. The van der Waals surface area contributed by atoms with Crippen LogP contribution in [-0.2, 0) is 17.9 Å². The Labute approximate surface area is 219 Å². The zero-order valence-corrected chi connectivity index (χ0v) is 22.0. The summed E-state index contributed by atoms with van der Waals surface area (Å²) >= 11 is 5.89. The van der Waals surface area contributed by atoms with Crippen molar-refractivity contribution in [2.24, 2.45) is 0 Å². The molecule has 2 aromatic carbocycles. The van der Waals surface area contributed by atoms with Crippen LogP contribution in [0.3, 0.4) is 0 Å². The summed E-state index contributed by atoms with van der Waals surface area (Å²) in [5, 5.41) is 14.7. The Morgan fingerprint density at radius 3 is 2.46 bits per heavy atom. The van der Waals surface area contributed by atoms with Crippen molar-refractivity contribution in [2.75, 3.05) is 0 Å². The Hall–Kier alpha value is -2.26. The topological polar surface area (TPSA) is 45.1 Å². The molecule has 1 aromatic heterocycles. The molecule has 0 bridgehead atoms. The quantitative estimate of drug-likeness (QED) is 0.209. The normalized spacial score (nSPS) is 16.5. The van der Waals surface area contributed by atoms with E-state index < -0.39 is 38.4 Å². The average molecular weight is 607 g/mol. The first-order valence-corrected chi connectivity index (χ1v) is 14.0. The molecule has 4 rings (SSSR count). The molecule has 35 heavy (non-hydrogen) atoms. The molecule has 0 aliphatic carbocycles. The lowest BCUT2D eigenvalue weighted by molar-refractivity contribution is -0.00846. The molecular formula is C28H26ClF2IN2O. The van der Waals surface area contributed by atoms with Gasteiger partial charge in [0.25, 0.3) is 5.92 Å². The number of nitrogens with one attached hydrogen (secondary N) is 1. The molecule has 1 aliphatic rings. The number of aliphatic hydroxyl groups is 1. The van der Waals surface area contributed by atoms with E-state index in [2.05, 4.69) is 10.3 Å². The third-order valence-corrected chi connectivity index (χ3v) is 8.32. The van der Waals surface area contributed by atoms with E-state index in [4.69, 9.17) is 11.6 Å². The molecule has 1 unspecified atom stereocenters. The molecule has 0 radical (unpaired) electrons. The highest BCUT2D eigenvalue weighted by Gasteiger charge is 2.40. The second-order valence-corrected chi connectivity index (χ2v) is 11.9. The molecule has 2 atom stereocenters. The number of pyridine rings is 1. The maximum atomic E-state index is 14.8. The van der Waals surface area contributed by atoms with Crippen LogP contribution in [0.15, 0.2) is 101 Å². The summed E-state index contributed by atoms with van der Waals surface area (Å²) in [4.78, 5) is 4.62. The van der Waals surface area contributed by atoms with E-state index in [0.29, 0.717) is 23.3 Å². The molecule has 7 heteroatoms. The van der Waals surface area contributed by atoms with E-state index in [1.807, 2.05) is 58.7 Å². The summed E-state index contributed by atoms with van der Waals surface area (Å²) in [6.45, 7) is 1.47. The van der Waals surface area contributed by atoms with Gasteiger partial charge in [-0.2, -0.15) is 0 Å². The Balaban J connectivity index is 1.91. The average Bonchev–Trinajstić information content (AvgIpc) is 2.89. The van der Waals surface area contributed by atoms with E-state index in [9.17, 15) is 13.9 Å². The monoisotopic (exact) mass is 606 g/mol. The number of hydrogen-bond donors (Lipinski definition) is 2. The highest BCUT2D eigenvalue weighted by molar-refractivity contribution is 14.2. The van der Waals surface area contributed by atoms with Gasteiger partial charge in [0.1, 0.15) is 6.23 Å². The van der Waals surface area contributed by atoms with Gasteiger partial charge in [-0.15, -0.1) is 0 Å². The lowest BCUT2D eigenvalue weighted by Crippen LogP contribution is -2.51. The van der Waals surface area contributed by atoms with Gasteiger partial charge in [0.15, 0.2) is 0 Å². The zero-order valence-electron chi connectivity index (χ0n) is 19.1. The summed E-state index contributed by atoms with van der Waals surface area (Å²) in [5.74, 6) is -2.97. The van der Waals surface area contributed by atoms with E-state index >= 15 is 0 Å². The molecule has 0 fully saturated rings.